The third-order valence-corrected chi connectivity index (χ3v) is 6.99. The summed E-state index contributed by atoms with van der Waals surface area (Å²) in [5, 5.41) is 12.8. The second-order valence-electron chi connectivity index (χ2n) is 10.5. The maximum absolute atomic E-state index is 14.1. The number of hydrogen-bond acceptors (Lipinski definition) is 6. The summed E-state index contributed by atoms with van der Waals surface area (Å²) in [4.78, 5) is 35.3. The van der Waals surface area contributed by atoms with Gasteiger partial charge >= 0.3 is 0 Å². The number of nitriles is 1. The van der Waals surface area contributed by atoms with E-state index in [4.69, 9.17) is 4.74 Å². The van der Waals surface area contributed by atoms with Gasteiger partial charge in [-0.15, -0.1) is 0 Å². The number of nitrogens with zero attached hydrogens (tertiary/aromatic N) is 4. The number of aromatic nitrogens is 1. The minimum absolute atomic E-state index is 0.0206. The van der Waals surface area contributed by atoms with E-state index in [-0.39, 0.29) is 23.3 Å². The molecule has 0 aliphatic carbocycles. The summed E-state index contributed by atoms with van der Waals surface area (Å²) in [6, 6.07) is 9.85. The molecule has 1 aromatic carbocycles. The van der Waals surface area contributed by atoms with Crippen molar-refractivity contribution in [3.05, 3.63) is 59.9 Å². The molecule has 4 rings (SSSR count). The fourth-order valence-corrected chi connectivity index (χ4v) is 4.91. The molecular formula is C28H35N5O3. The molecule has 2 atom stereocenters. The van der Waals surface area contributed by atoms with Gasteiger partial charge < -0.3 is 10.1 Å². The van der Waals surface area contributed by atoms with Crippen LogP contribution in [-0.2, 0) is 19.7 Å². The predicted molar refractivity (Wildman–Crippen MR) is 137 cm³/mol. The lowest BCUT2D eigenvalue weighted by Gasteiger charge is -2.35. The van der Waals surface area contributed by atoms with Gasteiger partial charge in [-0.05, 0) is 54.9 Å². The molecule has 1 N–H and O–H groups in total. The molecule has 8 nitrogen and oxygen atoms in total. The molecule has 0 bridgehead atoms. The summed E-state index contributed by atoms with van der Waals surface area (Å²) < 4.78 is 5.45. The van der Waals surface area contributed by atoms with Gasteiger partial charge in [-0.2, -0.15) is 5.26 Å². The van der Waals surface area contributed by atoms with E-state index in [0.717, 1.165) is 24.8 Å². The second-order valence-corrected chi connectivity index (χ2v) is 10.5. The van der Waals surface area contributed by atoms with Gasteiger partial charge in [0.05, 0.1) is 0 Å². The van der Waals surface area contributed by atoms with Gasteiger partial charge in [-0.1, -0.05) is 39.0 Å². The van der Waals surface area contributed by atoms with E-state index in [1.165, 1.54) is 4.90 Å². The largest absolute Gasteiger partial charge is 0.381 e. The first-order chi connectivity index (χ1) is 17.3. The molecule has 2 aromatic rings. The van der Waals surface area contributed by atoms with Crippen molar-refractivity contribution in [1.82, 2.24) is 15.2 Å². The van der Waals surface area contributed by atoms with Crippen LogP contribution < -0.4 is 10.2 Å². The molecule has 8 heteroatoms. The van der Waals surface area contributed by atoms with Crippen LogP contribution in [0.15, 0.2) is 48.8 Å². The summed E-state index contributed by atoms with van der Waals surface area (Å²) in [6.07, 6.45) is 8.23. The van der Waals surface area contributed by atoms with E-state index >= 15 is 0 Å². The molecule has 2 saturated heterocycles. The van der Waals surface area contributed by atoms with Crippen LogP contribution in [0.2, 0.25) is 0 Å². The van der Waals surface area contributed by atoms with Crippen molar-refractivity contribution in [2.75, 3.05) is 24.7 Å². The molecule has 1 unspecified atom stereocenters. The summed E-state index contributed by atoms with van der Waals surface area (Å²) in [7, 11) is 0. The third-order valence-electron chi connectivity index (χ3n) is 6.99. The number of benzene rings is 1. The van der Waals surface area contributed by atoms with E-state index in [9.17, 15) is 14.9 Å². The maximum Gasteiger partial charge on any atom is 0.251 e. The molecule has 2 aliphatic heterocycles. The van der Waals surface area contributed by atoms with Crippen LogP contribution in [0.25, 0.3) is 0 Å². The van der Waals surface area contributed by atoms with Gasteiger partial charge in [-0.3, -0.25) is 24.4 Å². The normalized spacial score (nSPS) is 19.4. The van der Waals surface area contributed by atoms with E-state index in [0.29, 0.717) is 37.4 Å². The number of amides is 2. The lowest BCUT2D eigenvalue weighted by molar-refractivity contribution is -0.129. The molecule has 1 aromatic heterocycles. The number of nitrogens with one attached hydrogen (secondary N) is 1. The van der Waals surface area contributed by atoms with Gasteiger partial charge in [0.1, 0.15) is 12.1 Å². The molecule has 0 saturated carbocycles. The first-order valence-corrected chi connectivity index (χ1v) is 12.7. The summed E-state index contributed by atoms with van der Waals surface area (Å²) >= 11 is 0. The van der Waals surface area contributed by atoms with Crippen LogP contribution in [0.1, 0.15) is 63.6 Å². The topological polar surface area (TPSA) is 98.6 Å². The fourth-order valence-electron chi connectivity index (χ4n) is 4.91. The third kappa shape index (κ3) is 5.68. The van der Waals surface area contributed by atoms with Gasteiger partial charge in [-0.25, -0.2) is 0 Å². The van der Waals surface area contributed by atoms with Crippen molar-refractivity contribution in [3.8, 4) is 6.19 Å². The van der Waals surface area contributed by atoms with Crippen LogP contribution in [-0.4, -0.2) is 53.5 Å². The lowest BCUT2D eigenvalue weighted by atomic mass is 9.87. The molecule has 0 spiro atoms. The highest BCUT2D eigenvalue weighted by Crippen LogP contribution is 2.33. The first kappa shape index (κ1) is 25.6. The van der Waals surface area contributed by atoms with E-state index in [2.05, 4.69) is 37.3 Å². The number of pyridine rings is 1. The molecule has 3 heterocycles. The van der Waals surface area contributed by atoms with Crippen molar-refractivity contribution in [2.24, 2.45) is 0 Å². The fraction of sp³-hybridized carbons (Fsp3) is 0.500. The van der Waals surface area contributed by atoms with Crippen molar-refractivity contribution in [1.29, 1.82) is 5.26 Å². The highest BCUT2D eigenvalue weighted by molar-refractivity contribution is 6.04. The first-order valence-electron chi connectivity index (χ1n) is 12.7. The Bertz CT molecular complexity index is 1080. The number of likely N-dealkylation sites (tertiary alicyclic amines) is 1. The van der Waals surface area contributed by atoms with Crippen LogP contribution in [0, 0.1) is 11.5 Å². The van der Waals surface area contributed by atoms with Crippen molar-refractivity contribution in [3.63, 3.8) is 0 Å². The van der Waals surface area contributed by atoms with Crippen molar-refractivity contribution >= 4 is 17.5 Å². The summed E-state index contributed by atoms with van der Waals surface area (Å²) in [5.74, 6) is -0.516. The van der Waals surface area contributed by atoms with Crippen molar-refractivity contribution < 1.29 is 14.3 Å². The van der Waals surface area contributed by atoms with E-state index in [1.807, 2.05) is 30.3 Å². The van der Waals surface area contributed by atoms with Gasteiger partial charge in [0, 0.05) is 49.4 Å². The Kier molecular flexibility index (Phi) is 7.90. The Morgan fingerprint density at radius 3 is 2.50 bits per heavy atom. The molecule has 2 amide bonds. The van der Waals surface area contributed by atoms with E-state index in [1.54, 1.807) is 23.4 Å². The zero-order chi connectivity index (χ0) is 25.7. The Hall–Kier alpha value is -3.44. The molecule has 0 radical (unpaired) electrons. The average Bonchev–Trinajstić information content (AvgIpc) is 3.36. The Labute approximate surface area is 213 Å². The van der Waals surface area contributed by atoms with E-state index < -0.39 is 12.1 Å². The average molecular weight is 490 g/mol. The number of carbonyl (C=O) groups excluding carboxylic acids is 2. The molecule has 2 fully saturated rings. The quantitative estimate of drug-likeness (QED) is 0.622. The van der Waals surface area contributed by atoms with Crippen LogP contribution in [0.3, 0.4) is 0 Å². The molecular weight excluding hydrogens is 454 g/mol. The standard InChI is InChI=1S/C28H35N5O3/c1-28(2,3)21-8-10-23(11-9-21)33(27(35)24-7-5-15-32(24)19-29)25(20-6-4-14-30-18-20)26(34)31-22-12-16-36-17-13-22/h4,6,8-11,14,18,22,24-25H,5,7,12-13,15-17H2,1-3H3,(H,31,34)/t24-,25?/m1/s1. The number of ether oxygens (including phenoxy) is 1. The Balaban J connectivity index is 1.77. The maximum atomic E-state index is 14.1. The minimum Gasteiger partial charge on any atom is -0.381 e. The highest BCUT2D eigenvalue weighted by atomic mass is 16.5. The zero-order valence-electron chi connectivity index (χ0n) is 21.3. The minimum atomic E-state index is -0.921. The summed E-state index contributed by atoms with van der Waals surface area (Å²) in [6.45, 7) is 8.13. The van der Waals surface area contributed by atoms with Crippen LogP contribution in [0.4, 0.5) is 5.69 Å². The van der Waals surface area contributed by atoms with Gasteiger partial charge in [0.15, 0.2) is 6.19 Å². The molecule has 2 aliphatic rings. The zero-order valence-corrected chi connectivity index (χ0v) is 21.3. The Morgan fingerprint density at radius 2 is 1.89 bits per heavy atom. The molecule has 190 valence electrons. The smallest absolute Gasteiger partial charge is 0.251 e. The molecule has 36 heavy (non-hydrogen) atoms. The monoisotopic (exact) mass is 489 g/mol. The Morgan fingerprint density at radius 1 is 1.17 bits per heavy atom. The SMILES string of the molecule is CC(C)(C)c1ccc(N(C(=O)[C@H]2CCCN2C#N)C(C(=O)NC2CCOCC2)c2cccnc2)cc1. The van der Waals surface area contributed by atoms with Gasteiger partial charge in [0.2, 0.25) is 5.91 Å². The highest BCUT2D eigenvalue weighted by Gasteiger charge is 2.40. The number of rotatable bonds is 6. The summed E-state index contributed by atoms with van der Waals surface area (Å²) in [5.41, 5.74) is 2.31. The van der Waals surface area contributed by atoms with Crippen LogP contribution in [0.5, 0.6) is 0 Å². The van der Waals surface area contributed by atoms with Crippen LogP contribution >= 0.6 is 0 Å². The second kappa shape index (κ2) is 11.1. The number of anilines is 1. The number of carbonyl (C=O) groups is 2. The van der Waals surface area contributed by atoms with Gasteiger partial charge in [0.25, 0.3) is 5.91 Å². The number of hydrogen-bond donors (Lipinski definition) is 1. The van der Waals surface area contributed by atoms with Crippen molar-refractivity contribution in [2.45, 2.75) is 70.0 Å². The predicted octanol–water partition coefficient (Wildman–Crippen LogP) is 3.69. The lowest BCUT2D eigenvalue weighted by Crippen LogP contribution is -2.52.